The Kier molecular flexibility index (Phi) is 13.3. The topological polar surface area (TPSA) is 161 Å². The van der Waals surface area contributed by atoms with Crippen LogP contribution < -0.4 is 86.7 Å². The molecule has 0 saturated heterocycles. The first kappa shape index (κ1) is 23.9. The minimum absolute atomic E-state index is 0. The molecule has 0 rings (SSSR count). The van der Waals surface area contributed by atoms with Gasteiger partial charge in [0.15, 0.2) is 0 Å². The normalized spacial score (nSPS) is 12.6. The third-order valence-electron chi connectivity index (χ3n) is 1.65. The summed E-state index contributed by atoms with van der Waals surface area (Å²) >= 11 is 0. The van der Waals surface area contributed by atoms with Gasteiger partial charge in [-0.3, -0.25) is 9.13 Å². The molecule has 12 heteroatoms. The van der Waals surface area contributed by atoms with Gasteiger partial charge in [-0.25, -0.2) is 0 Å². The molecule has 0 atom stereocenters. The number of rotatable bonds is 5. The van der Waals surface area contributed by atoms with Crippen LogP contribution in [0.4, 0.5) is 0 Å². The summed E-state index contributed by atoms with van der Waals surface area (Å²) in [6, 6.07) is 0. The Bertz CT molecular complexity index is 277. The summed E-state index contributed by atoms with van der Waals surface area (Å²) in [6.07, 6.45) is -0.856. The molecule has 0 amide bonds. The van der Waals surface area contributed by atoms with Crippen LogP contribution in [0.2, 0.25) is 0 Å². The molecule has 0 aromatic carbocycles. The SMILES string of the molecule is NCCCC(O)(P(=O)(O)O)P(=O)(O)O.[H-].[H-].[K+].[Na+]. The molecule has 0 saturated carbocycles. The maximum atomic E-state index is 10.7. The van der Waals surface area contributed by atoms with Gasteiger partial charge in [-0.2, -0.15) is 0 Å². The molecular weight excluding hydrogens is 298 g/mol. The third kappa shape index (κ3) is 6.34. The van der Waals surface area contributed by atoms with Crippen LogP contribution in [0.1, 0.15) is 15.7 Å². The molecule has 0 aliphatic heterocycles. The largest absolute Gasteiger partial charge is 1.00 e. The van der Waals surface area contributed by atoms with Crippen molar-refractivity contribution in [2.24, 2.45) is 5.73 Å². The zero-order valence-electron chi connectivity index (χ0n) is 11.1. The van der Waals surface area contributed by atoms with Crippen LogP contribution in [-0.2, 0) is 9.13 Å². The molecule has 8 nitrogen and oxygen atoms in total. The number of hydrogen-bond acceptors (Lipinski definition) is 4. The van der Waals surface area contributed by atoms with Gasteiger partial charge < -0.3 is 33.3 Å². The second-order valence-electron chi connectivity index (χ2n) is 2.75. The van der Waals surface area contributed by atoms with E-state index < -0.39 is 26.7 Å². The number of nitrogens with two attached hydrogens (primary N) is 1. The maximum Gasteiger partial charge on any atom is 1.00 e. The molecule has 0 aliphatic rings. The Balaban J connectivity index is -0.000000141. The Labute approximate surface area is 160 Å². The monoisotopic (exact) mass is 313 g/mol. The molecule has 0 unspecified atom stereocenters. The predicted octanol–water partition coefficient (Wildman–Crippen LogP) is -7.04. The second kappa shape index (κ2) is 8.91. The molecule has 0 spiro atoms. The minimum atomic E-state index is -5.30. The van der Waals surface area contributed by atoms with Gasteiger partial charge in [0.25, 0.3) is 5.08 Å². The molecule has 0 fully saturated rings. The summed E-state index contributed by atoms with van der Waals surface area (Å²) in [7, 11) is -10.6. The minimum Gasteiger partial charge on any atom is -1.00 e. The van der Waals surface area contributed by atoms with Gasteiger partial charge in [0.1, 0.15) is 0 Å². The van der Waals surface area contributed by atoms with Crippen LogP contribution in [0.15, 0.2) is 0 Å². The van der Waals surface area contributed by atoms with Crippen LogP contribution >= 0.6 is 15.2 Å². The van der Waals surface area contributed by atoms with Gasteiger partial charge in [0.05, 0.1) is 0 Å². The van der Waals surface area contributed by atoms with Crippen LogP contribution in [0.3, 0.4) is 0 Å². The van der Waals surface area contributed by atoms with Crippen molar-refractivity contribution in [3.05, 3.63) is 0 Å². The van der Waals surface area contributed by atoms with Crippen LogP contribution in [-0.4, -0.2) is 36.3 Å². The molecule has 0 aromatic rings. The van der Waals surface area contributed by atoms with E-state index in [1.54, 1.807) is 0 Å². The van der Waals surface area contributed by atoms with Crippen LogP contribution in [0.25, 0.3) is 0 Å². The van der Waals surface area contributed by atoms with Crippen molar-refractivity contribution < 1.29 is 118 Å². The Morgan fingerprint density at radius 1 is 1.12 bits per heavy atom. The van der Waals surface area contributed by atoms with Crippen molar-refractivity contribution in [3.63, 3.8) is 0 Å². The van der Waals surface area contributed by atoms with Crippen LogP contribution in [0, 0.1) is 0 Å². The quantitative estimate of drug-likeness (QED) is 0.215. The van der Waals surface area contributed by atoms with E-state index in [1.807, 2.05) is 0 Å². The fourth-order valence-electron chi connectivity index (χ4n) is 0.800. The smallest absolute Gasteiger partial charge is 1.00 e. The zero-order valence-corrected chi connectivity index (χ0v) is 16.1. The molecule has 0 bridgehead atoms. The Morgan fingerprint density at radius 2 is 1.44 bits per heavy atom. The first-order valence-electron chi connectivity index (χ1n) is 3.60. The van der Waals surface area contributed by atoms with E-state index in [0.29, 0.717) is 0 Å². The van der Waals surface area contributed by atoms with Gasteiger partial charge in [-0.05, 0) is 13.0 Å². The van der Waals surface area contributed by atoms with E-state index in [0.717, 1.165) is 0 Å². The number of hydrogen-bond donors (Lipinski definition) is 6. The first-order chi connectivity index (χ1) is 6.06. The van der Waals surface area contributed by atoms with E-state index in [1.165, 1.54) is 0 Å². The molecular formula is C4H15KNNaO7P2. The second-order valence-corrected chi connectivity index (χ2v) is 6.76. The van der Waals surface area contributed by atoms with Gasteiger partial charge in [-0.1, -0.05) is 0 Å². The fourth-order valence-corrected chi connectivity index (χ4v) is 3.06. The van der Waals surface area contributed by atoms with Gasteiger partial charge in [0, 0.05) is 6.42 Å². The molecule has 90 valence electrons. The third-order valence-corrected chi connectivity index (χ3v) is 5.53. The van der Waals surface area contributed by atoms with E-state index in [2.05, 4.69) is 0 Å². The zero-order chi connectivity index (χ0) is 11.6. The van der Waals surface area contributed by atoms with Crippen molar-refractivity contribution >= 4 is 15.2 Å². The molecule has 0 radical (unpaired) electrons. The van der Waals surface area contributed by atoms with Crippen molar-refractivity contribution in [1.29, 1.82) is 0 Å². The van der Waals surface area contributed by atoms with Crippen molar-refractivity contribution in [2.75, 3.05) is 6.54 Å². The van der Waals surface area contributed by atoms with Gasteiger partial charge in [0.2, 0.25) is 0 Å². The average Bonchev–Trinajstić information content (AvgIpc) is 1.95. The van der Waals surface area contributed by atoms with E-state index in [9.17, 15) is 14.2 Å². The van der Waals surface area contributed by atoms with E-state index >= 15 is 0 Å². The average molecular weight is 313 g/mol. The van der Waals surface area contributed by atoms with Crippen LogP contribution in [0.5, 0.6) is 0 Å². The summed E-state index contributed by atoms with van der Waals surface area (Å²) < 4.78 is 21.4. The number of aliphatic hydroxyl groups is 1. The first-order valence-corrected chi connectivity index (χ1v) is 6.82. The Hall–Kier alpha value is 2.86. The Morgan fingerprint density at radius 3 is 1.62 bits per heavy atom. The molecule has 0 aromatic heterocycles. The van der Waals surface area contributed by atoms with E-state index in [-0.39, 0.29) is 96.8 Å². The summed E-state index contributed by atoms with van der Waals surface area (Å²) in [5.41, 5.74) is 5.01. The van der Waals surface area contributed by atoms with Crippen molar-refractivity contribution in [3.8, 4) is 0 Å². The predicted molar refractivity (Wildman–Crippen MR) is 49.6 cm³/mol. The summed E-state index contributed by atoms with van der Waals surface area (Å²) in [4.78, 5) is 34.5. The molecule has 0 aliphatic carbocycles. The summed E-state index contributed by atoms with van der Waals surface area (Å²) in [5, 5.41) is 5.91. The summed E-state index contributed by atoms with van der Waals surface area (Å²) in [5.74, 6) is 0. The molecule has 16 heavy (non-hydrogen) atoms. The van der Waals surface area contributed by atoms with Gasteiger partial charge >= 0.3 is 96.1 Å². The summed E-state index contributed by atoms with van der Waals surface area (Å²) in [6.45, 7) is -0.0394. The fraction of sp³-hybridized carbons (Fsp3) is 1.00. The van der Waals surface area contributed by atoms with E-state index in [4.69, 9.17) is 25.3 Å². The standard InChI is InChI=1S/C4H13NO7P2.K.Na.2H/c5-3-1-2-4(6,13(7,8)9)14(10,11)12;;;;/h6H,1-3,5H2,(H2,7,8,9)(H2,10,11,12);;;;/q;2*+1;2*-1. The van der Waals surface area contributed by atoms with Crippen molar-refractivity contribution in [2.45, 2.75) is 17.9 Å². The molecule has 0 heterocycles. The maximum absolute atomic E-state index is 10.7. The molecule has 7 N–H and O–H groups in total. The van der Waals surface area contributed by atoms with Crippen molar-refractivity contribution in [1.82, 2.24) is 0 Å². The van der Waals surface area contributed by atoms with Gasteiger partial charge in [-0.15, -0.1) is 0 Å².